The summed E-state index contributed by atoms with van der Waals surface area (Å²) in [5.41, 5.74) is 0.938. The van der Waals surface area contributed by atoms with Crippen LogP contribution in [0.1, 0.15) is 5.56 Å². The summed E-state index contributed by atoms with van der Waals surface area (Å²) in [6.07, 6.45) is 5.10. The summed E-state index contributed by atoms with van der Waals surface area (Å²) >= 11 is 0.762. The van der Waals surface area contributed by atoms with E-state index in [1.54, 1.807) is 0 Å². The van der Waals surface area contributed by atoms with E-state index in [-0.39, 0.29) is 0 Å². The van der Waals surface area contributed by atoms with Crippen LogP contribution in [0.4, 0.5) is 0 Å². The molecule has 0 N–H and O–H groups in total. The first kappa shape index (κ1) is 11.8. The average Bonchev–Trinajstić information content (AvgIpc) is 2.33. The molecule has 0 spiro atoms. The first-order valence-corrected chi connectivity index (χ1v) is 8.97. The molecule has 1 aliphatic heterocycles. The third kappa shape index (κ3) is 5.45. The molecule has 0 saturated carbocycles. The Morgan fingerprint density at radius 1 is 0.857 bits per heavy atom. The van der Waals surface area contributed by atoms with Gasteiger partial charge in [-0.3, -0.25) is 0 Å². The standard InChI is InChI=1S/C8H6.C4H4I2/c1-2-8-6-4-3-5-7-8;1-2-6-4-3-5-1/h1,3-7H;1-4H/q;-2. The fraction of sp³-hybridized carbons (Fsp3) is 0. The molecule has 2 rings (SSSR count). The van der Waals surface area contributed by atoms with Gasteiger partial charge in [0.2, 0.25) is 0 Å². The van der Waals surface area contributed by atoms with Crippen molar-refractivity contribution in [1.82, 2.24) is 0 Å². The van der Waals surface area contributed by atoms with Crippen molar-refractivity contribution in [3.63, 3.8) is 0 Å². The van der Waals surface area contributed by atoms with Gasteiger partial charge >= 0.3 is 58.7 Å². The van der Waals surface area contributed by atoms with Crippen molar-refractivity contribution >= 4 is 0 Å². The molecule has 0 unspecified atom stereocenters. The number of hydrogen-bond acceptors (Lipinski definition) is 0. The summed E-state index contributed by atoms with van der Waals surface area (Å²) in [7, 11) is 0. The molecule has 1 aliphatic rings. The molecule has 0 aliphatic carbocycles. The Balaban J connectivity index is 0.000000146. The van der Waals surface area contributed by atoms with E-state index in [0.29, 0.717) is 42.4 Å². The van der Waals surface area contributed by atoms with Gasteiger partial charge in [-0.05, 0) is 12.1 Å². The first-order chi connectivity index (χ1) is 6.93. The Bertz CT molecular complexity index is 324. The Morgan fingerprint density at radius 3 is 1.64 bits per heavy atom. The van der Waals surface area contributed by atoms with Crippen LogP contribution in [-0.2, 0) is 0 Å². The molecule has 1 aromatic rings. The van der Waals surface area contributed by atoms with Gasteiger partial charge in [0.15, 0.2) is 0 Å². The zero-order valence-corrected chi connectivity index (χ0v) is 11.8. The molecule has 14 heavy (non-hydrogen) atoms. The van der Waals surface area contributed by atoms with E-state index < -0.39 is 0 Å². The maximum absolute atomic E-state index is 5.10. The fourth-order valence-corrected chi connectivity index (χ4v) is 6.05. The second-order valence-corrected chi connectivity index (χ2v) is 6.58. The minimum absolute atomic E-state index is 0.381. The molecule has 1 heterocycles. The van der Waals surface area contributed by atoms with Crippen LogP contribution in [0.5, 0.6) is 0 Å². The first-order valence-electron chi connectivity index (χ1n) is 3.99. The number of hydrogen-bond donors (Lipinski definition) is 0. The van der Waals surface area contributed by atoms with Gasteiger partial charge in [-0.2, -0.15) is 0 Å². The van der Waals surface area contributed by atoms with Gasteiger partial charge in [0.1, 0.15) is 0 Å². The normalized spacial score (nSPS) is 13.6. The van der Waals surface area contributed by atoms with E-state index >= 15 is 0 Å². The molecule has 74 valence electrons. The Hall–Kier alpha value is -0.280. The molecular weight excluding hydrogens is 398 g/mol. The van der Waals surface area contributed by atoms with Crippen molar-refractivity contribution in [2.24, 2.45) is 0 Å². The van der Waals surface area contributed by atoms with Crippen molar-refractivity contribution in [1.29, 1.82) is 0 Å². The van der Waals surface area contributed by atoms with Crippen molar-refractivity contribution in [3.8, 4) is 12.3 Å². The van der Waals surface area contributed by atoms with E-state index in [2.05, 4.69) is 22.3 Å². The third-order valence-corrected chi connectivity index (χ3v) is 7.18. The van der Waals surface area contributed by atoms with Crippen LogP contribution in [0.15, 0.2) is 46.7 Å². The molecular formula is C12H10I2-2. The Labute approximate surface area is 106 Å². The molecule has 0 amide bonds. The summed E-state index contributed by atoms with van der Waals surface area (Å²) < 4.78 is 9.36. The molecule has 0 nitrogen and oxygen atoms in total. The third-order valence-electron chi connectivity index (χ3n) is 1.33. The fourth-order valence-electron chi connectivity index (χ4n) is 0.728. The second-order valence-electron chi connectivity index (χ2n) is 2.27. The molecule has 1 aromatic carbocycles. The summed E-state index contributed by atoms with van der Waals surface area (Å²) in [5.74, 6) is 2.53. The maximum atomic E-state index is 5.10. The van der Waals surface area contributed by atoms with Crippen LogP contribution in [0.2, 0.25) is 0 Å². The van der Waals surface area contributed by atoms with Gasteiger partial charge in [-0.15, -0.1) is 6.42 Å². The van der Waals surface area contributed by atoms with Crippen molar-refractivity contribution < 1.29 is 42.4 Å². The van der Waals surface area contributed by atoms with Gasteiger partial charge in [0, 0.05) is 5.56 Å². The number of terminal acetylenes is 1. The van der Waals surface area contributed by atoms with Crippen LogP contribution in [-0.4, -0.2) is 0 Å². The van der Waals surface area contributed by atoms with Crippen molar-refractivity contribution in [3.05, 3.63) is 52.2 Å². The monoisotopic (exact) mass is 408 g/mol. The number of benzene rings is 1. The zero-order valence-electron chi connectivity index (χ0n) is 7.53. The second kappa shape index (κ2) is 8.06. The number of halogens is 2. The van der Waals surface area contributed by atoms with E-state index in [0.717, 1.165) is 5.56 Å². The Kier molecular flexibility index (Phi) is 6.79. The van der Waals surface area contributed by atoms with Crippen molar-refractivity contribution in [2.45, 2.75) is 0 Å². The van der Waals surface area contributed by atoms with Gasteiger partial charge < -0.3 is 0 Å². The molecule has 0 aromatic heterocycles. The van der Waals surface area contributed by atoms with Crippen molar-refractivity contribution in [2.75, 3.05) is 0 Å². The molecule has 0 atom stereocenters. The quantitative estimate of drug-likeness (QED) is 0.314. The van der Waals surface area contributed by atoms with Crippen LogP contribution < -0.4 is 42.4 Å². The van der Waals surface area contributed by atoms with E-state index in [4.69, 9.17) is 6.42 Å². The Morgan fingerprint density at radius 2 is 1.36 bits per heavy atom. The van der Waals surface area contributed by atoms with Crippen LogP contribution in [0.25, 0.3) is 0 Å². The van der Waals surface area contributed by atoms with E-state index in [9.17, 15) is 0 Å². The predicted molar refractivity (Wildman–Crippen MR) is 52.7 cm³/mol. The average molecular weight is 408 g/mol. The van der Waals surface area contributed by atoms with Gasteiger partial charge in [0.25, 0.3) is 0 Å². The summed E-state index contributed by atoms with van der Waals surface area (Å²) in [6.45, 7) is 0. The van der Waals surface area contributed by atoms with E-state index in [1.807, 2.05) is 30.3 Å². The van der Waals surface area contributed by atoms with Gasteiger partial charge in [-0.1, -0.05) is 24.1 Å². The predicted octanol–water partition coefficient (Wildman–Crippen LogP) is -3.21. The van der Waals surface area contributed by atoms with Crippen LogP contribution >= 0.6 is 0 Å². The molecule has 0 bridgehead atoms. The van der Waals surface area contributed by atoms with Crippen LogP contribution in [0.3, 0.4) is 0 Å². The summed E-state index contributed by atoms with van der Waals surface area (Å²) in [5, 5.41) is 0. The number of rotatable bonds is 0. The topological polar surface area (TPSA) is 0 Å². The zero-order chi connectivity index (χ0) is 10.1. The molecule has 0 fully saturated rings. The van der Waals surface area contributed by atoms with Gasteiger partial charge in [-0.25, -0.2) is 0 Å². The van der Waals surface area contributed by atoms with E-state index in [1.165, 1.54) is 0 Å². The van der Waals surface area contributed by atoms with Gasteiger partial charge in [0.05, 0.1) is 0 Å². The molecule has 2 heteroatoms. The minimum atomic E-state index is 0.381. The summed E-state index contributed by atoms with van der Waals surface area (Å²) in [4.78, 5) is 0. The van der Waals surface area contributed by atoms with Crippen LogP contribution in [0, 0.1) is 12.3 Å². The summed E-state index contributed by atoms with van der Waals surface area (Å²) in [6, 6.07) is 9.60. The SMILES string of the molecule is C#Cc1ccccc1.C1=C[I-]C=C[I-]1. The molecule has 0 saturated heterocycles. The molecule has 0 radical (unpaired) electrons.